The maximum atomic E-state index is 16.7. The molecule has 1 amide bonds. The summed E-state index contributed by atoms with van der Waals surface area (Å²) in [4.78, 5) is 27.7. The fourth-order valence-corrected chi connectivity index (χ4v) is 7.07. The normalized spacial score (nSPS) is 21.6. The topological polar surface area (TPSA) is 109 Å². The molecule has 3 atom stereocenters. The molecule has 0 radical (unpaired) electrons. The van der Waals surface area contributed by atoms with Crippen molar-refractivity contribution in [3.05, 3.63) is 59.6 Å². The Kier molecular flexibility index (Phi) is 8.20. The molecule has 3 aliphatic rings. The van der Waals surface area contributed by atoms with E-state index in [0.717, 1.165) is 43.4 Å². The van der Waals surface area contributed by atoms with Crippen molar-refractivity contribution in [2.24, 2.45) is 5.92 Å². The molecular formula is C34H36FN7O2. The van der Waals surface area contributed by atoms with Gasteiger partial charge in [0, 0.05) is 42.8 Å². The minimum Gasteiger partial charge on any atom is -0.475 e. The van der Waals surface area contributed by atoms with E-state index in [1.807, 2.05) is 24.1 Å². The lowest BCUT2D eigenvalue weighted by atomic mass is 9.98. The zero-order valence-electron chi connectivity index (χ0n) is 25.2. The van der Waals surface area contributed by atoms with E-state index in [4.69, 9.17) is 4.74 Å². The predicted molar refractivity (Wildman–Crippen MR) is 166 cm³/mol. The van der Waals surface area contributed by atoms with Crippen molar-refractivity contribution in [3.8, 4) is 29.3 Å². The van der Waals surface area contributed by atoms with Gasteiger partial charge in [-0.05, 0) is 62.4 Å². The van der Waals surface area contributed by atoms with Gasteiger partial charge in [0.25, 0.3) is 0 Å². The van der Waals surface area contributed by atoms with E-state index < -0.39 is 11.9 Å². The number of nitriles is 2. The first-order valence-corrected chi connectivity index (χ1v) is 15.3. The summed E-state index contributed by atoms with van der Waals surface area (Å²) >= 11 is 0. The molecule has 6 rings (SSSR count). The number of carbonyl (C=O) groups excluding carboxylic acids is 1. The number of hydrogen-bond acceptors (Lipinski definition) is 8. The highest BCUT2D eigenvalue weighted by molar-refractivity contribution is 5.98. The first-order valence-electron chi connectivity index (χ1n) is 15.3. The average Bonchev–Trinajstić information content (AvgIpc) is 3.63. The summed E-state index contributed by atoms with van der Waals surface area (Å²) in [6, 6.07) is 10.1. The first-order chi connectivity index (χ1) is 21.3. The molecule has 4 heterocycles. The zero-order chi connectivity index (χ0) is 31.0. The maximum Gasteiger partial charge on any atom is 0.246 e. The smallest absolute Gasteiger partial charge is 0.246 e. The molecule has 2 saturated heterocycles. The van der Waals surface area contributed by atoms with Gasteiger partial charge in [0.05, 0.1) is 24.2 Å². The first kappa shape index (κ1) is 29.5. The maximum absolute atomic E-state index is 16.7. The van der Waals surface area contributed by atoms with Gasteiger partial charge < -0.3 is 19.4 Å². The Morgan fingerprint density at radius 2 is 2.07 bits per heavy atom. The second-order valence-electron chi connectivity index (χ2n) is 12.2. The summed E-state index contributed by atoms with van der Waals surface area (Å²) in [5.74, 6) is -0.256. The number of anilines is 1. The molecule has 10 heteroatoms. The number of aromatic nitrogens is 2. The molecule has 3 aromatic rings. The SMILES string of the molecule is C=CC(=O)N1CCN(c2c(C#N)c(OC[C@@H]3CCCN3C)nc3c(F)c(-c4cccc5c4CC(C)C5)ncc23)C[C@@H]1CC#N. The molecule has 0 bridgehead atoms. The number of piperazine rings is 1. The lowest BCUT2D eigenvalue weighted by Gasteiger charge is -2.42. The van der Waals surface area contributed by atoms with Crippen molar-refractivity contribution in [3.63, 3.8) is 0 Å². The van der Waals surface area contributed by atoms with Crippen LogP contribution < -0.4 is 9.64 Å². The average molecular weight is 594 g/mol. The summed E-state index contributed by atoms with van der Waals surface area (Å²) in [5.41, 5.74) is 4.07. The summed E-state index contributed by atoms with van der Waals surface area (Å²) < 4.78 is 22.9. The quantitative estimate of drug-likeness (QED) is 0.365. The van der Waals surface area contributed by atoms with Gasteiger partial charge >= 0.3 is 0 Å². The van der Waals surface area contributed by atoms with Crippen LogP contribution in [0.5, 0.6) is 5.88 Å². The largest absolute Gasteiger partial charge is 0.475 e. The van der Waals surface area contributed by atoms with Gasteiger partial charge in [-0.1, -0.05) is 31.7 Å². The number of hydrogen-bond donors (Lipinski definition) is 0. The Morgan fingerprint density at radius 3 is 2.80 bits per heavy atom. The number of pyridine rings is 2. The van der Waals surface area contributed by atoms with E-state index in [9.17, 15) is 15.3 Å². The molecule has 2 aromatic heterocycles. The zero-order valence-corrected chi connectivity index (χ0v) is 25.2. The van der Waals surface area contributed by atoms with Gasteiger partial charge in [-0.25, -0.2) is 9.37 Å². The van der Waals surface area contributed by atoms with E-state index in [1.54, 1.807) is 11.1 Å². The summed E-state index contributed by atoms with van der Waals surface area (Å²) in [7, 11) is 2.04. The van der Waals surface area contributed by atoms with Crippen molar-refractivity contribution >= 4 is 22.5 Å². The summed E-state index contributed by atoms with van der Waals surface area (Å²) in [5, 5.41) is 20.4. The van der Waals surface area contributed by atoms with Gasteiger partial charge in [-0.3, -0.25) is 9.78 Å². The van der Waals surface area contributed by atoms with Crippen LogP contribution in [0.4, 0.5) is 10.1 Å². The number of nitrogens with zero attached hydrogens (tertiary/aromatic N) is 7. The van der Waals surface area contributed by atoms with E-state index in [2.05, 4.69) is 46.6 Å². The van der Waals surface area contributed by atoms with Gasteiger partial charge in [0.15, 0.2) is 5.82 Å². The Balaban J connectivity index is 1.49. The number of amides is 1. The number of halogens is 1. The van der Waals surface area contributed by atoms with Gasteiger partial charge in [-0.2, -0.15) is 10.5 Å². The summed E-state index contributed by atoms with van der Waals surface area (Å²) in [6.07, 6.45) is 6.78. The Labute approximate surface area is 257 Å². The molecule has 0 N–H and O–H groups in total. The highest BCUT2D eigenvalue weighted by Gasteiger charge is 2.34. The Bertz CT molecular complexity index is 1710. The van der Waals surface area contributed by atoms with Gasteiger partial charge in [-0.15, -0.1) is 0 Å². The molecule has 2 fully saturated rings. The van der Waals surface area contributed by atoms with Crippen LogP contribution in [-0.2, 0) is 17.6 Å². The van der Waals surface area contributed by atoms with Crippen LogP contribution in [0.1, 0.15) is 42.9 Å². The second-order valence-corrected chi connectivity index (χ2v) is 12.2. The van der Waals surface area contributed by atoms with Crippen molar-refractivity contribution < 1.29 is 13.9 Å². The molecule has 0 spiro atoms. The fourth-order valence-electron chi connectivity index (χ4n) is 7.07. The molecule has 0 saturated carbocycles. The van der Waals surface area contributed by atoms with Crippen LogP contribution in [0, 0.1) is 34.4 Å². The number of carbonyl (C=O) groups is 1. The Morgan fingerprint density at radius 1 is 1.23 bits per heavy atom. The predicted octanol–water partition coefficient (Wildman–Crippen LogP) is 4.63. The van der Waals surface area contributed by atoms with Gasteiger partial charge in [0.1, 0.15) is 29.5 Å². The van der Waals surface area contributed by atoms with Crippen LogP contribution in [0.25, 0.3) is 22.2 Å². The van der Waals surface area contributed by atoms with Crippen molar-refractivity contribution in [2.45, 2.75) is 51.1 Å². The summed E-state index contributed by atoms with van der Waals surface area (Å²) in [6.45, 7) is 8.05. The van der Waals surface area contributed by atoms with Crippen LogP contribution in [0.2, 0.25) is 0 Å². The third kappa shape index (κ3) is 5.24. The third-order valence-corrected chi connectivity index (χ3v) is 9.34. The van der Waals surface area contributed by atoms with E-state index in [-0.39, 0.29) is 47.6 Å². The third-order valence-electron chi connectivity index (χ3n) is 9.34. The molecule has 9 nitrogen and oxygen atoms in total. The minimum absolute atomic E-state index is 0.0830. The van der Waals surface area contributed by atoms with Crippen molar-refractivity contribution in [1.29, 1.82) is 10.5 Å². The highest BCUT2D eigenvalue weighted by Crippen LogP contribution is 2.41. The number of fused-ring (bicyclic) bond motifs is 2. The number of rotatable bonds is 7. The lowest BCUT2D eigenvalue weighted by molar-refractivity contribution is -0.128. The van der Waals surface area contributed by atoms with Crippen LogP contribution in [0.3, 0.4) is 0 Å². The van der Waals surface area contributed by atoms with Crippen LogP contribution >= 0.6 is 0 Å². The molecule has 44 heavy (non-hydrogen) atoms. The fraction of sp³-hybridized carbons (Fsp3) is 0.441. The van der Waals surface area contributed by atoms with Crippen molar-refractivity contribution in [1.82, 2.24) is 19.8 Å². The number of benzene rings is 1. The van der Waals surface area contributed by atoms with Crippen LogP contribution in [0.15, 0.2) is 37.1 Å². The Hall–Kier alpha value is -4.54. The van der Waals surface area contributed by atoms with Gasteiger partial charge in [0.2, 0.25) is 11.8 Å². The standard InChI is InChI=1S/C34H36FN7O2/c1-4-29(43)42-14-13-41(19-23(42)10-11-36)33-27(17-37)34(44-20-24-8-6-12-40(24)3)39-32-28(33)18-38-31(30(32)35)25-9-5-7-22-15-21(2)16-26(22)25/h4-5,7,9,18,21,23-24H,1,6,8,10,12-16,19-20H2,2-3H3/t21?,23-,24-/m0/s1. The highest BCUT2D eigenvalue weighted by atomic mass is 19.1. The monoisotopic (exact) mass is 593 g/mol. The van der Waals surface area contributed by atoms with E-state index in [0.29, 0.717) is 36.7 Å². The molecular weight excluding hydrogens is 557 g/mol. The molecule has 2 aliphatic heterocycles. The molecule has 1 aromatic carbocycles. The number of likely N-dealkylation sites (N-methyl/N-ethyl adjacent to an activating group) is 1. The molecule has 226 valence electrons. The number of likely N-dealkylation sites (tertiary alicyclic amines) is 1. The second kappa shape index (κ2) is 12.2. The molecule has 1 unspecified atom stereocenters. The minimum atomic E-state index is -0.557. The van der Waals surface area contributed by atoms with E-state index >= 15 is 4.39 Å². The molecule has 1 aliphatic carbocycles. The van der Waals surface area contributed by atoms with Crippen molar-refractivity contribution in [2.75, 3.05) is 44.7 Å². The number of ether oxygens (including phenoxy) is 1. The lowest BCUT2D eigenvalue weighted by Crippen LogP contribution is -2.55. The van der Waals surface area contributed by atoms with E-state index in [1.165, 1.54) is 11.6 Å². The van der Waals surface area contributed by atoms with Crippen LogP contribution in [-0.4, -0.2) is 77.6 Å².